The van der Waals surface area contributed by atoms with E-state index in [1.54, 1.807) is 0 Å². The second-order valence-electron chi connectivity index (χ2n) is 5.10. The van der Waals surface area contributed by atoms with E-state index in [1.807, 2.05) is 18.7 Å². The summed E-state index contributed by atoms with van der Waals surface area (Å²) in [6.45, 7) is 6.63. The van der Waals surface area contributed by atoms with E-state index >= 15 is 0 Å². The highest BCUT2D eigenvalue weighted by atomic mass is 16.4. The molecule has 1 aliphatic rings. The number of hydrogen-bond donors (Lipinski definition) is 2. The Bertz CT molecular complexity index is 294. The molecule has 0 radical (unpaired) electrons. The summed E-state index contributed by atoms with van der Waals surface area (Å²) in [7, 11) is 0. The summed E-state index contributed by atoms with van der Waals surface area (Å²) in [6.07, 6.45) is 2.20. The molecule has 5 nitrogen and oxygen atoms in total. The minimum Gasteiger partial charge on any atom is -0.481 e. The van der Waals surface area contributed by atoms with Gasteiger partial charge in [-0.3, -0.25) is 9.59 Å². The Balaban J connectivity index is 2.44. The van der Waals surface area contributed by atoms with Crippen LogP contribution in [0.25, 0.3) is 0 Å². The number of piperidine rings is 1. The number of carbonyl (C=O) groups excluding carboxylic acids is 1. The molecule has 2 unspecified atom stereocenters. The molecule has 1 aliphatic heterocycles. The smallest absolute Gasteiger partial charge is 0.303 e. The zero-order valence-corrected chi connectivity index (χ0v) is 11.3. The molecule has 0 saturated carbocycles. The van der Waals surface area contributed by atoms with Crippen LogP contribution >= 0.6 is 0 Å². The van der Waals surface area contributed by atoms with Crippen LogP contribution in [0.1, 0.15) is 33.1 Å². The second kappa shape index (κ2) is 7.36. The second-order valence-corrected chi connectivity index (χ2v) is 5.10. The maximum atomic E-state index is 11.9. The largest absolute Gasteiger partial charge is 0.481 e. The molecule has 1 fully saturated rings. The molecule has 0 bridgehead atoms. The minimum atomic E-state index is -0.751. The number of carboxylic acids is 1. The van der Waals surface area contributed by atoms with Crippen molar-refractivity contribution in [2.75, 3.05) is 26.2 Å². The van der Waals surface area contributed by atoms with Gasteiger partial charge in [0, 0.05) is 19.5 Å². The normalized spacial score (nSPS) is 21.7. The van der Waals surface area contributed by atoms with E-state index in [9.17, 15) is 9.59 Å². The summed E-state index contributed by atoms with van der Waals surface area (Å²) in [4.78, 5) is 24.5. The molecule has 2 N–H and O–H groups in total. The first kappa shape index (κ1) is 15.0. The predicted octanol–water partition coefficient (Wildman–Crippen LogP) is 0.945. The fraction of sp³-hybridized carbons (Fsp3) is 0.846. The lowest BCUT2D eigenvalue weighted by Crippen LogP contribution is -2.45. The molecule has 0 aliphatic carbocycles. The quantitative estimate of drug-likeness (QED) is 0.742. The Kier molecular flexibility index (Phi) is 6.12. The molecule has 5 heteroatoms. The van der Waals surface area contributed by atoms with Gasteiger partial charge in [0.25, 0.3) is 0 Å². The summed E-state index contributed by atoms with van der Waals surface area (Å²) >= 11 is 0. The van der Waals surface area contributed by atoms with Crippen LogP contribution in [0.3, 0.4) is 0 Å². The number of nitrogens with zero attached hydrogens (tertiary/aromatic N) is 1. The van der Waals surface area contributed by atoms with Crippen LogP contribution in [0.15, 0.2) is 0 Å². The summed E-state index contributed by atoms with van der Waals surface area (Å²) in [5.41, 5.74) is 0. The van der Waals surface area contributed by atoms with Gasteiger partial charge in [0.2, 0.25) is 5.91 Å². The molecular weight excluding hydrogens is 232 g/mol. The average Bonchev–Trinajstić information content (AvgIpc) is 2.35. The number of carbonyl (C=O) groups is 2. The van der Waals surface area contributed by atoms with E-state index in [-0.39, 0.29) is 18.2 Å². The van der Waals surface area contributed by atoms with Crippen molar-refractivity contribution in [2.45, 2.75) is 33.1 Å². The van der Waals surface area contributed by atoms with Gasteiger partial charge in [0.15, 0.2) is 0 Å². The monoisotopic (exact) mass is 256 g/mol. The lowest BCUT2D eigenvalue weighted by atomic mass is 9.84. The lowest BCUT2D eigenvalue weighted by Gasteiger charge is -2.35. The van der Waals surface area contributed by atoms with E-state index < -0.39 is 5.97 Å². The Hall–Kier alpha value is -1.10. The fourth-order valence-corrected chi connectivity index (χ4v) is 2.49. The summed E-state index contributed by atoms with van der Waals surface area (Å²) in [6, 6.07) is 0. The maximum Gasteiger partial charge on any atom is 0.303 e. The summed E-state index contributed by atoms with van der Waals surface area (Å²) in [5, 5.41) is 11.9. The van der Waals surface area contributed by atoms with E-state index in [0.717, 1.165) is 25.9 Å². The highest BCUT2D eigenvalue weighted by Gasteiger charge is 2.27. The molecule has 0 spiro atoms. The first-order valence-electron chi connectivity index (χ1n) is 6.74. The average molecular weight is 256 g/mol. The molecule has 0 aromatic carbocycles. The van der Waals surface area contributed by atoms with Crippen LogP contribution in [0.5, 0.6) is 0 Å². The summed E-state index contributed by atoms with van der Waals surface area (Å²) in [5.74, 6) is -0.166. The number of likely N-dealkylation sites (N-methyl/N-ethyl adjacent to an activating group) is 1. The number of carboxylic acid groups (broad SMARTS) is 1. The van der Waals surface area contributed by atoms with E-state index in [2.05, 4.69) is 5.32 Å². The Morgan fingerprint density at radius 2 is 2.22 bits per heavy atom. The zero-order valence-electron chi connectivity index (χ0n) is 11.3. The van der Waals surface area contributed by atoms with Crippen LogP contribution in [0.2, 0.25) is 0 Å². The Labute approximate surface area is 109 Å². The highest BCUT2D eigenvalue weighted by molar-refractivity contribution is 5.78. The standard InChI is InChI=1S/C13H24N2O3/c1-3-14-8-12(16)15-6-4-5-11(9-15)10(2)7-13(17)18/h10-11,14H,3-9H2,1-2H3,(H,17,18). The molecule has 1 saturated heterocycles. The van der Waals surface area contributed by atoms with Crippen molar-refractivity contribution in [3.8, 4) is 0 Å². The van der Waals surface area contributed by atoms with Crippen LogP contribution in [-0.2, 0) is 9.59 Å². The van der Waals surface area contributed by atoms with Gasteiger partial charge < -0.3 is 15.3 Å². The SMILES string of the molecule is CCNCC(=O)N1CCCC(C(C)CC(=O)O)C1. The van der Waals surface area contributed by atoms with Crippen molar-refractivity contribution in [1.82, 2.24) is 10.2 Å². The van der Waals surface area contributed by atoms with E-state index in [1.165, 1.54) is 0 Å². The maximum absolute atomic E-state index is 11.9. The van der Waals surface area contributed by atoms with Gasteiger partial charge in [0.05, 0.1) is 6.54 Å². The molecule has 104 valence electrons. The zero-order chi connectivity index (χ0) is 13.5. The van der Waals surface area contributed by atoms with Crippen molar-refractivity contribution in [2.24, 2.45) is 11.8 Å². The van der Waals surface area contributed by atoms with Gasteiger partial charge in [-0.25, -0.2) is 0 Å². The topological polar surface area (TPSA) is 69.6 Å². The Morgan fingerprint density at radius 3 is 2.83 bits per heavy atom. The predicted molar refractivity (Wildman–Crippen MR) is 69.3 cm³/mol. The van der Waals surface area contributed by atoms with Crippen LogP contribution < -0.4 is 5.32 Å². The number of amides is 1. The number of rotatable bonds is 6. The lowest BCUT2D eigenvalue weighted by molar-refractivity contribution is -0.138. The molecule has 1 amide bonds. The molecule has 0 aromatic heterocycles. The molecule has 2 atom stereocenters. The van der Waals surface area contributed by atoms with Crippen LogP contribution in [0, 0.1) is 11.8 Å². The van der Waals surface area contributed by atoms with Gasteiger partial charge in [-0.2, -0.15) is 0 Å². The van der Waals surface area contributed by atoms with Crippen LogP contribution in [0.4, 0.5) is 0 Å². The molecule has 1 rings (SSSR count). The van der Waals surface area contributed by atoms with Crippen molar-refractivity contribution in [3.63, 3.8) is 0 Å². The number of aliphatic carboxylic acids is 1. The number of hydrogen-bond acceptors (Lipinski definition) is 3. The van der Waals surface area contributed by atoms with Crippen LogP contribution in [-0.4, -0.2) is 48.1 Å². The van der Waals surface area contributed by atoms with E-state index in [4.69, 9.17) is 5.11 Å². The van der Waals surface area contributed by atoms with Gasteiger partial charge in [-0.15, -0.1) is 0 Å². The van der Waals surface area contributed by atoms with Gasteiger partial charge in [-0.1, -0.05) is 13.8 Å². The van der Waals surface area contributed by atoms with Gasteiger partial charge >= 0.3 is 5.97 Å². The molecular formula is C13H24N2O3. The Morgan fingerprint density at radius 1 is 1.50 bits per heavy atom. The van der Waals surface area contributed by atoms with E-state index in [0.29, 0.717) is 19.0 Å². The minimum absolute atomic E-state index is 0.129. The highest BCUT2D eigenvalue weighted by Crippen LogP contribution is 2.26. The third-order valence-corrected chi connectivity index (χ3v) is 3.64. The number of likely N-dealkylation sites (tertiary alicyclic amines) is 1. The first-order valence-corrected chi connectivity index (χ1v) is 6.74. The third-order valence-electron chi connectivity index (χ3n) is 3.64. The molecule has 1 heterocycles. The number of nitrogens with one attached hydrogen (secondary N) is 1. The van der Waals surface area contributed by atoms with Crippen molar-refractivity contribution >= 4 is 11.9 Å². The van der Waals surface area contributed by atoms with Crippen molar-refractivity contribution in [1.29, 1.82) is 0 Å². The van der Waals surface area contributed by atoms with Crippen molar-refractivity contribution < 1.29 is 14.7 Å². The first-order chi connectivity index (χ1) is 8.54. The van der Waals surface area contributed by atoms with Gasteiger partial charge in [-0.05, 0) is 31.2 Å². The third kappa shape index (κ3) is 4.64. The molecule has 18 heavy (non-hydrogen) atoms. The van der Waals surface area contributed by atoms with Gasteiger partial charge in [0.1, 0.15) is 0 Å². The van der Waals surface area contributed by atoms with Crippen molar-refractivity contribution in [3.05, 3.63) is 0 Å². The summed E-state index contributed by atoms with van der Waals surface area (Å²) < 4.78 is 0. The molecule has 0 aromatic rings. The fourth-order valence-electron chi connectivity index (χ4n) is 2.49.